The predicted octanol–water partition coefficient (Wildman–Crippen LogP) is 4.33. The Bertz CT molecular complexity index is 847. The molecule has 1 N–H and O–H groups in total. The third-order valence-corrected chi connectivity index (χ3v) is 4.69. The van der Waals surface area contributed by atoms with Gasteiger partial charge in [0, 0.05) is 12.6 Å². The topological polar surface area (TPSA) is 75.3 Å². The average Bonchev–Trinajstić information content (AvgIpc) is 3.34. The van der Waals surface area contributed by atoms with E-state index >= 15 is 0 Å². The summed E-state index contributed by atoms with van der Waals surface area (Å²) in [7, 11) is 0. The number of amides is 1. The van der Waals surface area contributed by atoms with E-state index in [0.29, 0.717) is 23.7 Å². The van der Waals surface area contributed by atoms with Gasteiger partial charge >= 0.3 is 0 Å². The van der Waals surface area contributed by atoms with Crippen LogP contribution in [0.15, 0.2) is 45.4 Å². The van der Waals surface area contributed by atoms with Gasteiger partial charge in [0.05, 0.1) is 12.3 Å². The first-order valence-corrected chi connectivity index (χ1v) is 8.69. The highest BCUT2D eigenvalue weighted by Gasteiger charge is 2.30. The molecule has 0 spiro atoms. The van der Waals surface area contributed by atoms with Crippen LogP contribution in [0.3, 0.4) is 0 Å². The number of aromatic nitrogens is 2. The molecular formula is C19H21N3O3. The second-order valence-corrected chi connectivity index (χ2v) is 6.46. The van der Waals surface area contributed by atoms with Crippen LogP contribution in [-0.2, 0) is 0 Å². The van der Waals surface area contributed by atoms with E-state index in [2.05, 4.69) is 10.2 Å². The Kier molecular flexibility index (Phi) is 4.17. The van der Waals surface area contributed by atoms with Crippen molar-refractivity contribution in [2.24, 2.45) is 0 Å². The summed E-state index contributed by atoms with van der Waals surface area (Å²) in [6.07, 6.45) is 5.78. The maximum Gasteiger partial charge on any atom is 0.274 e. The van der Waals surface area contributed by atoms with Crippen molar-refractivity contribution in [2.45, 2.75) is 38.6 Å². The van der Waals surface area contributed by atoms with E-state index < -0.39 is 0 Å². The van der Waals surface area contributed by atoms with Crippen LogP contribution in [0.25, 0.3) is 11.5 Å². The number of rotatable bonds is 3. The van der Waals surface area contributed by atoms with Gasteiger partial charge in [-0.3, -0.25) is 9.89 Å². The quantitative estimate of drug-likeness (QED) is 0.770. The lowest BCUT2D eigenvalue weighted by Gasteiger charge is -2.27. The number of hydrogen-bond donors (Lipinski definition) is 1. The molecule has 1 atom stereocenters. The number of aromatic amines is 1. The lowest BCUT2D eigenvalue weighted by molar-refractivity contribution is 0.0652. The minimum atomic E-state index is -0.0749. The van der Waals surface area contributed by atoms with Crippen molar-refractivity contribution in [3.8, 4) is 11.5 Å². The van der Waals surface area contributed by atoms with Crippen LogP contribution >= 0.6 is 0 Å². The molecule has 1 unspecified atom stereocenters. The molecule has 6 heteroatoms. The van der Waals surface area contributed by atoms with Gasteiger partial charge in [0.1, 0.15) is 17.2 Å². The summed E-state index contributed by atoms with van der Waals surface area (Å²) in [4.78, 5) is 15.0. The van der Waals surface area contributed by atoms with Gasteiger partial charge in [-0.15, -0.1) is 0 Å². The SMILES string of the molecule is Cc1ccc(-c2cc(C(=O)N3CCCCCC3c3ccco3)n[nH]2)o1. The molecule has 3 aromatic heterocycles. The molecule has 0 aromatic carbocycles. The van der Waals surface area contributed by atoms with Crippen molar-refractivity contribution in [2.75, 3.05) is 6.54 Å². The van der Waals surface area contributed by atoms with Gasteiger partial charge in [0.15, 0.2) is 11.5 Å². The van der Waals surface area contributed by atoms with E-state index in [1.54, 1.807) is 12.3 Å². The van der Waals surface area contributed by atoms with Crippen molar-refractivity contribution >= 4 is 5.91 Å². The molecule has 1 aliphatic rings. The first-order chi connectivity index (χ1) is 12.2. The Hall–Kier alpha value is -2.76. The zero-order chi connectivity index (χ0) is 17.2. The first kappa shape index (κ1) is 15.7. The molecule has 25 heavy (non-hydrogen) atoms. The fraction of sp³-hybridized carbons (Fsp3) is 0.368. The highest BCUT2D eigenvalue weighted by molar-refractivity contribution is 5.93. The third kappa shape index (κ3) is 3.12. The summed E-state index contributed by atoms with van der Waals surface area (Å²) in [5.41, 5.74) is 1.11. The highest BCUT2D eigenvalue weighted by atomic mass is 16.3. The molecule has 0 bridgehead atoms. The van der Waals surface area contributed by atoms with Crippen molar-refractivity contribution in [3.05, 3.63) is 53.8 Å². The number of H-pyrrole nitrogens is 1. The summed E-state index contributed by atoms with van der Waals surface area (Å²) < 4.78 is 11.2. The van der Waals surface area contributed by atoms with E-state index in [4.69, 9.17) is 8.83 Å². The number of nitrogens with zero attached hydrogens (tertiary/aromatic N) is 2. The molecular weight excluding hydrogens is 318 g/mol. The molecule has 0 aliphatic carbocycles. The lowest BCUT2D eigenvalue weighted by atomic mass is 10.1. The van der Waals surface area contributed by atoms with Crippen LogP contribution in [0.2, 0.25) is 0 Å². The van der Waals surface area contributed by atoms with Gasteiger partial charge in [0.2, 0.25) is 0 Å². The predicted molar refractivity (Wildman–Crippen MR) is 92.0 cm³/mol. The van der Waals surface area contributed by atoms with Gasteiger partial charge in [-0.25, -0.2) is 0 Å². The van der Waals surface area contributed by atoms with E-state index in [1.807, 2.05) is 36.1 Å². The summed E-state index contributed by atoms with van der Waals surface area (Å²) in [5.74, 6) is 2.27. The van der Waals surface area contributed by atoms with Gasteiger partial charge in [-0.05, 0) is 44.0 Å². The van der Waals surface area contributed by atoms with E-state index in [9.17, 15) is 4.79 Å². The standard InChI is InChI=1S/C19H21N3O3/c1-13-8-9-17(25-13)14-12-15(21-20-14)19(23)22-10-4-2-3-6-16(22)18-7-5-11-24-18/h5,7-9,11-12,16H,2-4,6,10H2,1H3,(H,20,21). The molecule has 0 saturated carbocycles. The Balaban J connectivity index is 1.61. The van der Waals surface area contributed by atoms with E-state index in [-0.39, 0.29) is 11.9 Å². The second kappa shape index (κ2) is 6.63. The third-order valence-electron chi connectivity index (χ3n) is 4.69. The summed E-state index contributed by atoms with van der Waals surface area (Å²) in [6.45, 7) is 2.60. The number of carbonyl (C=O) groups excluding carboxylic acids is 1. The fourth-order valence-electron chi connectivity index (χ4n) is 3.41. The Morgan fingerprint density at radius 3 is 2.96 bits per heavy atom. The van der Waals surface area contributed by atoms with Gasteiger partial charge < -0.3 is 13.7 Å². The van der Waals surface area contributed by atoms with Crippen molar-refractivity contribution in [1.82, 2.24) is 15.1 Å². The molecule has 1 fully saturated rings. The normalized spacial score (nSPS) is 18.3. The molecule has 3 aromatic rings. The number of likely N-dealkylation sites (tertiary alicyclic amines) is 1. The van der Waals surface area contributed by atoms with Crippen molar-refractivity contribution in [1.29, 1.82) is 0 Å². The molecule has 130 valence electrons. The molecule has 4 rings (SSSR count). The smallest absolute Gasteiger partial charge is 0.274 e. The molecule has 6 nitrogen and oxygen atoms in total. The lowest BCUT2D eigenvalue weighted by Crippen LogP contribution is -2.34. The minimum absolute atomic E-state index is 0.0315. The van der Waals surface area contributed by atoms with Gasteiger partial charge in [0.25, 0.3) is 5.91 Å². The molecule has 1 aliphatic heterocycles. The van der Waals surface area contributed by atoms with E-state index in [1.165, 1.54) is 0 Å². The number of nitrogens with one attached hydrogen (secondary N) is 1. The molecule has 1 saturated heterocycles. The van der Waals surface area contributed by atoms with Crippen LogP contribution in [-0.4, -0.2) is 27.5 Å². The van der Waals surface area contributed by atoms with Crippen LogP contribution in [0.1, 0.15) is 53.7 Å². The van der Waals surface area contributed by atoms with Crippen LogP contribution < -0.4 is 0 Å². The number of carbonyl (C=O) groups is 1. The zero-order valence-corrected chi connectivity index (χ0v) is 14.2. The second-order valence-electron chi connectivity index (χ2n) is 6.46. The van der Waals surface area contributed by atoms with Gasteiger partial charge in [-0.2, -0.15) is 5.10 Å². The first-order valence-electron chi connectivity index (χ1n) is 8.69. The zero-order valence-electron chi connectivity index (χ0n) is 14.2. The fourth-order valence-corrected chi connectivity index (χ4v) is 3.41. The Morgan fingerprint density at radius 1 is 1.28 bits per heavy atom. The van der Waals surface area contributed by atoms with Gasteiger partial charge in [-0.1, -0.05) is 12.8 Å². The van der Waals surface area contributed by atoms with E-state index in [0.717, 1.165) is 37.2 Å². The van der Waals surface area contributed by atoms with Crippen LogP contribution in [0, 0.1) is 6.92 Å². The Labute approximate surface area is 145 Å². The summed E-state index contributed by atoms with van der Waals surface area (Å²) in [6, 6.07) is 9.29. The number of hydrogen-bond acceptors (Lipinski definition) is 4. The monoisotopic (exact) mass is 339 g/mol. The maximum atomic E-state index is 13.1. The number of furan rings is 2. The number of aryl methyl sites for hydroxylation is 1. The summed E-state index contributed by atoms with van der Waals surface area (Å²) >= 11 is 0. The summed E-state index contributed by atoms with van der Waals surface area (Å²) in [5, 5.41) is 7.12. The molecule has 4 heterocycles. The average molecular weight is 339 g/mol. The molecule has 1 amide bonds. The largest absolute Gasteiger partial charge is 0.467 e. The minimum Gasteiger partial charge on any atom is -0.467 e. The highest BCUT2D eigenvalue weighted by Crippen LogP contribution is 2.32. The van der Waals surface area contributed by atoms with Crippen LogP contribution in [0.4, 0.5) is 0 Å². The maximum absolute atomic E-state index is 13.1. The van der Waals surface area contributed by atoms with Crippen LogP contribution in [0.5, 0.6) is 0 Å². The van der Waals surface area contributed by atoms with Crippen molar-refractivity contribution in [3.63, 3.8) is 0 Å². The molecule has 0 radical (unpaired) electrons. The van der Waals surface area contributed by atoms with Crippen molar-refractivity contribution < 1.29 is 13.6 Å². The Morgan fingerprint density at radius 2 is 2.20 bits per heavy atom.